The van der Waals surface area contributed by atoms with Gasteiger partial charge in [0.2, 0.25) is 11.8 Å². The number of anilines is 1. The van der Waals surface area contributed by atoms with E-state index < -0.39 is 0 Å². The van der Waals surface area contributed by atoms with E-state index in [1.807, 2.05) is 0 Å². The van der Waals surface area contributed by atoms with Gasteiger partial charge in [0.15, 0.2) is 0 Å². The minimum atomic E-state index is -0.249. The fourth-order valence-electron chi connectivity index (χ4n) is 2.13. The topological polar surface area (TPSA) is 75.2 Å². The summed E-state index contributed by atoms with van der Waals surface area (Å²) in [7, 11) is 0. The third-order valence-electron chi connectivity index (χ3n) is 3.64. The summed E-state index contributed by atoms with van der Waals surface area (Å²) in [4.78, 5) is 33.7. The van der Waals surface area contributed by atoms with Gasteiger partial charge in [0.1, 0.15) is 5.82 Å². The van der Waals surface area contributed by atoms with E-state index in [4.69, 9.17) is 0 Å². The van der Waals surface area contributed by atoms with Crippen molar-refractivity contribution in [2.45, 2.75) is 33.7 Å². The largest absolute Gasteiger partial charge is 0.369 e. The zero-order valence-electron chi connectivity index (χ0n) is 12.1. The molecule has 2 heterocycles. The highest BCUT2D eigenvalue weighted by molar-refractivity contribution is 6.04. The Bertz CT molecular complexity index is 480. The molecule has 0 radical (unpaired) electrons. The average molecular weight is 276 g/mol. The normalized spacial score (nSPS) is 22.4. The van der Waals surface area contributed by atoms with Crippen molar-refractivity contribution in [3.05, 3.63) is 18.1 Å². The maximum atomic E-state index is 12.0. The molecule has 1 saturated heterocycles. The first-order valence-corrected chi connectivity index (χ1v) is 6.94. The summed E-state index contributed by atoms with van der Waals surface area (Å²) in [6.45, 7) is 6.68. The van der Waals surface area contributed by atoms with Crippen LogP contribution in [0.4, 0.5) is 5.82 Å². The van der Waals surface area contributed by atoms with Gasteiger partial charge in [0, 0.05) is 18.4 Å². The molecule has 1 aromatic rings. The van der Waals surface area contributed by atoms with E-state index in [1.165, 1.54) is 4.90 Å². The summed E-state index contributed by atoms with van der Waals surface area (Å²) in [5, 5.41) is 3.13. The van der Waals surface area contributed by atoms with Crippen LogP contribution in [0.2, 0.25) is 0 Å². The van der Waals surface area contributed by atoms with Gasteiger partial charge < -0.3 is 5.32 Å². The van der Waals surface area contributed by atoms with E-state index in [0.29, 0.717) is 11.5 Å². The van der Waals surface area contributed by atoms with Crippen LogP contribution in [0.15, 0.2) is 12.4 Å². The molecule has 2 atom stereocenters. The molecule has 0 aliphatic carbocycles. The van der Waals surface area contributed by atoms with Gasteiger partial charge in [0.25, 0.3) is 0 Å². The van der Waals surface area contributed by atoms with Gasteiger partial charge >= 0.3 is 0 Å². The minimum Gasteiger partial charge on any atom is -0.369 e. The molecule has 1 aliphatic heterocycles. The lowest BCUT2D eigenvalue weighted by Crippen LogP contribution is -2.30. The van der Waals surface area contributed by atoms with Crippen molar-refractivity contribution in [2.75, 3.05) is 11.9 Å². The van der Waals surface area contributed by atoms with Crippen molar-refractivity contribution in [2.24, 2.45) is 11.8 Å². The van der Waals surface area contributed by atoms with Crippen molar-refractivity contribution in [1.82, 2.24) is 14.9 Å². The number of amides is 2. The Kier molecular flexibility index (Phi) is 4.32. The molecule has 1 aromatic heterocycles. The van der Waals surface area contributed by atoms with Crippen LogP contribution in [-0.2, 0) is 16.1 Å². The Hall–Kier alpha value is -1.98. The smallest absolute Gasteiger partial charge is 0.233 e. The van der Waals surface area contributed by atoms with Gasteiger partial charge in [-0.3, -0.25) is 19.5 Å². The summed E-state index contributed by atoms with van der Waals surface area (Å²) < 4.78 is 0. The van der Waals surface area contributed by atoms with E-state index >= 15 is 0 Å². The molecule has 6 heteroatoms. The van der Waals surface area contributed by atoms with Gasteiger partial charge in [-0.05, 0) is 6.42 Å². The Morgan fingerprint density at radius 3 is 2.30 bits per heavy atom. The second kappa shape index (κ2) is 5.98. The highest BCUT2D eigenvalue weighted by Crippen LogP contribution is 2.26. The molecule has 108 valence electrons. The number of aromatic nitrogens is 2. The van der Waals surface area contributed by atoms with Crippen molar-refractivity contribution in [3.8, 4) is 0 Å². The lowest BCUT2D eigenvalue weighted by Gasteiger charge is -2.13. The Labute approximate surface area is 118 Å². The SMILES string of the molecule is CCCNc1cnc(CN2C(=O)C(C)C(C)C2=O)cn1. The molecule has 0 saturated carbocycles. The number of rotatable bonds is 5. The second-order valence-corrected chi connectivity index (χ2v) is 5.16. The summed E-state index contributed by atoms with van der Waals surface area (Å²) in [5.74, 6) is -0.0479. The number of hydrogen-bond acceptors (Lipinski definition) is 5. The van der Waals surface area contributed by atoms with Crippen LogP contribution in [0.1, 0.15) is 32.9 Å². The number of imide groups is 1. The van der Waals surface area contributed by atoms with Gasteiger partial charge in [-0.2, -0.15) is 0 Å². The van der Waals surface area contributed by atoms with E-state index in [0.717, 1.165) is 13.0 Å². The third kappa shape index (κ3) is 2.79. The molecule has 2 amide bonds. The molecule has 0 bridgehead atoms. The zero-order chi connectivity index (χ0) is 14.7. The zero-order valence-corrected chi connectivity index (χ0v) is 12.1. The number of nitrogens with zero attached hydrogens (tertiary/aromatic N) is 3. The fourth-order valence-corrected chi connectivity index (χ4v) is 2.13. The first kappa shape index (κ1) is 14.4. The standard InChI is InChI=1S/C14H20N4O2/c1-4-5-15-12-7-16-11(6-17-12)8-18-13(19)9(2)10(3)14(18)20/h6-7,9-10H,4-5,8H2,1-3H3,(H,15,17). The maximum absolute atomic E-state index is 12.0. The maximum Gasteiger partial charge on any atom is 0.233 e. The van der Waals surface area contributed by atoms with Crippen molar-refractivity contribution in [3.63, 3.8) is 0 Å². The molecule has 1 N–H and O–H groups in total. The average Bonchev–Trinajstić information content (AvgIpc) is 2.64. The molecular formula is C14H20N4O2. The lowest BCUT2D eigenvalue weighted by molar-refractivity contribution is -0.140. The predicted molar refractivity (Wildman–Crippen MR) is 74.7 cm³/mol. The van der Waals surface area contributed by atoms with Crippen LogP contribution < -0.4 is 5.32 Å². The Balaban J connectivity index is 2.03. The molecular weight excluding hydrogens is 256 g/mol. The van der Waals surface area contributed by atoms with E-state index in [1.54, 1.807) is 26.2 Å². The van der Waals surface area contributed by atoms with Gasteiger partial charge in [0.05, 0.1) is 24.6 Å². The monoisotopic (exact) mass is 276 g/mol. The molecule has 1 aliphatic rings. The Morgan fingerprint density at radius 2 is 1.80 bits per heavy atom. The summed E-state index contributed by atoms with van der Waals surface area (Å²) in [5.41, 5.74) is 0.620. The van der Waals surface area contributed by atoms with Crippen molar-refractivity contribution >= 4 is 17.6 Å². The quantitative estimate of drug-likeness (QED) is 0.824. The van der Waals surface area contributed by atoms with Gasteiger partial charge in [-0.15, -0.1) is 0 Å². The lowest BCUT2D eigenvalue weighted by atomic mass is 10.00. The molecule has 2 rings (SSSR count). The highest BCUT2D eigenvalue weighted by Gasteiger charge is 2.42. The minimum absolute atomic E-state index is 0.127. The van der Waals surface area contributed by atoms with Crippen LogP contribution in [0.25, 0.3) is 0 Å². The molecule has 20 heavy (non-hydrogen) atoms. The first-order chi connectivity index (χ1) is 9.54. The van der Waals surface area contributed by atoms with Crippen LogP contribution in [0.5, 0.6) is 0 Å². The number of nitrogens with one attached hydrogen (secondary N) is 1. The van der Waals surface area contributed by atoms with Crippen molar-refractivity contribution < 1.29 is 9.59 Å². The third-order valence-corrected chi connectivity index (χ3v) is 3.64. The number of carbonyl (C=O) groups is 2. The summed E-state index contributed by atoms with van der Waals surface area (Å²) in [6.07, 6.45) is 4.24. The summed E-state index contributed by atoms with van der Waals surface area (Å²) >= 11 is 0. The van der Waals surface area contributed by atoms with Crippen LogP contribution in [0.3, 0.4) is 0 Å². The van der Waals surface area contributed by atoms with Crippen LogP contribution in [0, 0.1) is 11.8 Å². The summed E-state index contributed by atoms with van der Waals surface area (Å²) in [6, 6.07) is 0. The molecule has 0 spiro atoms. The number of carbonyl (C=O) groups excluding carboxylic acids is 2. The molecule has 1 fully saturated rings. The van der Waals surface area contributed by atoms with Gasteiger partial charge in [-0.25, -0.2) is 4.98 Å². The number of likely N-dealkylation sites (tertiary alicyclic amines) is 1. The van der Waals surface area contributed by atoms with Gasteiger partial charge in [-0.1, -0.05) is 20.8 Å². The van der Waals surface area contributed by atoms with E-state index in [-0.39, 0.29) is 30.2 Å². The second-order valence-electron chi connectivity index (χ2n) is 5.16. The Morgan fingerprint density at radius 1 is 1.15 bits per heavy atom. The first-order valence-electron chi connectivity index (χ1n) is 6.94. The van der Waals surface area contributed by atoms with Crippen LogP contribution >= 0.6 is 0 Å². The molecule has 0 aromatic carbocycles. The van der Waals surface area contributed by atoms with E-state index in [9.17, 15) is 9.59 Å². The van der Waals surface area contributed by atoms with Crippen LogP contribution in [-0.4, -0.2) is 33.2 Å². The molecule has 2 unspecified atom stereocenters. The van der Waals surface area contributed by atoms with Crippen molar-refractivity contribution in [1.29, 1.82) is 0 Å². The predicted octanol–water partition coefficient (Wildman–Crippen LogP) is 1.44. The fraction of sp³-hybridized carbons (Fsp3) is 0.571. The van der Waals surface area contributed by atoms with E-state index in [2.05, 4.69) is 22.2 Å². The number of hydrogen-bond donors (Lipinski definition) is 1. The highest BCUT2D eigenvalue weighted by atomic mass is 16.2. The molecule has 6 nitrogen and oxygen atoms in total.